The second-order valence-corrected chi connectivity index (χ2v) is 5.00. The molecule has 2 rings (SSSR count). The highest BCUT2D eigenvalue weighted by Crippen LogP contribution is 2.13. The van der Waals surface area contributed by atoms with E-state index in [2.05, 4.69) is 5.32 Å². The number of nitrogens with one attached hydrogen (secondary N) is 2. The number of carboxylic acids is 1. The summed E-state index contributed by atoms with van der Waals surface area (Å²) in [6, 6.07) is 6.77. The molecule has 0 bridgehead atoms. The molecule has 0 aromatic heterocycles. The van der Waals surface area contributed by atoms with Gasteiger partial charge in [-0.15, -0.1) is 0 Å². The maximum Gasteiger partial charge on any atom is 0.278 e. The van der Waals surface area contributed by atoms with Crippen molar-refractivity contribution in [3.8, 4) is 0 Å². The molecular weight excluding hydrogens is 268 g/mol. The summed E-state index contributed by atoms with van der Waals surface area (Å²) in [6.07, 6.45) is -0.272. The lowest BCUT2D eigenvalue weighted by Gasteiger charge is -2.32. The molecule has 0 saturated carbocycles. The van der Waals surface area contributed by atoms with Crippen molar-refractivity contribution < 1.29 is 19.6 Å². The minimum absolute atomic E-state index is 0.238. The van der Waals surface area contributed by atoms with Crippen molar-refractivity contribution in [2.45, 2.75) is 19.0 Å². The van der Waals surface area contributed by atoms with Gasteiger partial charge in [-0.1, -0.05) is 29.8 Å². The number of piperazine rings is 1. The SMILES string of the molecule is O=C([O-])C[C@@H]1C(=O)NCC[NH+]1Cc1ccccc1Cl. The van der Waals surface area contributed by atoms with E-state index in [4.69, 9.17) is 11.6 Å². The minimum atomic E-state index is -1.21. The predicted octanol–water partition coefficient (Wildman–Crippen LogP) is -1.64. The second kappa shape index (κ2) is 6.04. The number of carbonyl (C=O) groups is 2. The van der Waals surface area contributed by atoms with Crippen LogP contribution in [0.4, 0.5) is 0 Å². The maximum atomic E-state index is 11.8. The van der Waals surface area contributed by atoms with Crippen LogP contribution in [0, 0.1) is 0 Å². The number of quaternary nitrogens is 1. The molecule has 1 unspecified atom stereocenters. The van der Waals surface area contributed by atoms with Crippen molar-refractivity contribution in [3.63, 3.8) is 0 Å². The molecule has 0 aliphatic carbocycles. The Balaban J connectivity index is 2.14. The Hall–Kier alpha value is -1.59. The van der Waals surface area contributed by atoms with E-state index in [1.807, 2.05) is 18.2 Å². The fraction of sp³-hybridized carbons (Fsp3) is 0.385. The van der Waals surface area contributed by atoms with Crippen molar-refractivity contribution in [1.82, 2.24) is 5.32 Å². The molecule has 2 N–H and O–H groups in total. The zero-order valence-electron chi connectivity index (χ0n) is 10.3. The van der Waals surface area contributed by atoms with Crippen molar-refractivity contribution in [3.05, 3.63) is 34.9 Å². The van der Waals surface area contributed by atoms with Gasteiger partial charge in [-0.05, 0) is 6.07 Å². The number of hydrogen-bond acceptors (Lipinski definition) is 3. The van der Waals surface area contributed by atoms with Crippen LogP contribution in [0.5, 0.6) is 0 Å². The van der Waals surface area contributed by atoms with Crippen molar-refractivity contribution in [2.24, 2.45) is 0 Å². The Labute approximate surface area is 116 Å². The number of hydrogen-bond donors (Lipinski definition) is 2. The van der Waals surface area contributed by atoms with Crippen LogP contribution in [-0.2, 0) is 16.1 Å². The standard InChI is InChI=1S/C13H15ClN2O3/c14-10-4-2-1-3-9(10)8-16-6-5-15-13(19)11(16)7-12(17)18/h1-4,11H,5-8H2,(H,15,19)(H,17,18)/t11-/m1/s1. The molecule has 1 aliphatic heterocycles. The first-order valence-electron chi connectivity index (χ1n) is 6.13. The first-order chi connectivity index (χ1) is 9.08. The van der Waals surface area contributed by atoms with Gasteiger partial charge in [0.25, 0.3) is 5.91 Å². The Morgan fingerprint density at radius 2 is 2.21 bits per heavy atom. The van der Waals surface area contributed by atoms with Gasteiger partial charge >= 0.3 is 0 Å². The van der Waals surface area contributed by atoms with Crippen LogP contribution in [0.15, 0.2) is 24.3 Å². The largest absolute Gasteiger partial charge is 0.550 e. The maximum absolute atomic E-state index is 11.8. The summed E-state index contributed by atoms with van der Waals surface area (Å²) < 4.78 is 0. The van der Waals surface area contributed by atoms with Gasteiger partial charge < -0.3 is 20.1 Å². The Kier molecular flexibility index (Phi) is 4.39. The van der Waals surface area contributed by atoms with E-state index >= 15 is 0 Å². The average Bonchev–Trinajstić information content (AvgIpc) is 2.36. The quantitative estimate of drug-likeness (QED) is 0.696. The van der Waals surface area contributed by atoms with Gasteiger partial charge in [0.05, 0.1) is 13.1 Å². The zero-order valence-corrected chi connectivity index (χ0v) is 11.1. The molecule has 1 saturated heterocycles. The number of carbonyl (C=O) groups excluding carboxylic acids is 2. The summed E-state index contributed by atoms with van der Waals surface area (Å²) in [6.45, 7) is 1.75. The molecule has 1 heterocycles. The molecular formula is C13H15ClN2O3. The van der Waals surface area contributed by atoms with Gasteiger partial charge in [-0.2, -0.15) is 0 Å². The van der Waals surface area contributed by atoms with E-state index in [0.717, 1.165) is 10.5 Å². The first-order valence-corrected chi connectivity index (χ1v) is 6.51. The second-order valence-electron chi connectivity index (χ2n) is 4.60. The summed E-state index contributed by atoms with van der Waals surface area (Å²) in [5.74, 6) is -1.45. The van der Waals surface area contributed by atoms with Crippen molar-refractivity contribution >= 4 is 23.5 Å². The molecule has 1 aromatic carbocycles. The van der Waals surface area contributed by atoms with Gasteiger partial charge in [0.15, 0.2) is 6.04 Å². The topological polar surface area (TPSA) is 73.7 Å². The number of benzene rings is 1. The van der Waals surface area contributed by atoms with E-state index in [-0.39, 0.29) is 12.3 Å². The van der Waals surface area contributed by atoms with Gasteiger partial charge in [0, 0.05) is 23.0 Å². The number of amides is 1. The summed E-state index contributed by atoms with van der Waals surface area (Å²) in [4.78, 5) is 23.4. The fourth-order valence-corrected chi connectivity index (χ4v) is 2.53. The lowest BCUT2D eigenvalue weighted by Crippen LogP contribution is -3.18. The minimum Gasteiger partial charge on any atom is -0.550 e. The highest BCUT2D eigenvalue weighted by Gasteiger charge is 2.33. The predicted molar refractivity (Wildman–Crippen MR) is 67.4 cm³/mol. The van der Waals surface area contributed by atoms with Crippen LogP contribution in [0.1, 0.15) is 12.0 Å². The first kappa shape index (κ1) is 13.8. The van der Waals surface area contributed by atoms with Gasteiger partial charge in [0.2, 0.25) is 0 Å². The van der Waals surface area contributed by atoms with Crippen LogP contribution in [-0.4, -0.2) is 31.0 Å². The van der Waals surface area contributed by atoms with Gasteiger partial charge in [-0.3, -0.25) is 4.79 Å². The molecule has 19 heavy (non-hydrogen) atoms. The Morgan fingerprint density at radius 3 is 2.89 bits per heavy atom. The smallest absolute Gasteiger partial charge is 0.278 e. The molecule has 2 atom stereocenters. The van der Waals surface area contributed by atoms with E-state index in [0.29, 0.717) is 24.7 Å². The third-order valence-corrected chi connectivity index (χ3v) is 3.67. The molecule has 1 fully saturated rings. The monoisotopic (exact) mass is 282 g/mol. The third kappa shape index (κ3) is 3.45. The molecule has 6 heteroatoms. The third-order valence-electron chi connectivity index (χ3n) is 3.30. The highest BCUT2D eigenvalue weighted by molar-refractivity contribution is 6.31. The van der Waals surface area contributed by atoms with Crippen LogP contribution in [0.3, 0.4) is 0 Å². The number of halogens is 1. The lowest BCUT2D eigenvalue weighted by molar-refractivity contribution is -0.930. The Bertz CT molecular complexity index is 493. The summed E-state index contributed by atoms with van der Waals surface area (Å²) in [5, 5.41) is 14.1. The van der Waals surface area contributed by atoms with Crippen molar-refractivity contribution in [2.75, 3.05) is 13.1 Å². The van der Waals surface area contributed by atoms with Gasteiger partial charge in [0.1, 0.15) is 6.54 Å². The molecule has 0 spiro atoms. The lowest BCUT2D eigenvalue weighted by atomic mass is 10.1. The Morgan fingerprint density at radius 1 is 1.47 bits per heavy atom. The normalized spacial score (nSPS) is 22.9. The molecule has 5 nitrogen and oxygen atoms in total. The van der Waals surface area contributed by atoms with Crippen molar-refractivity contribution in [1.29, 1.82) is 0 Å². The highest BCUT2D eigenvalue weighted by atomic mass is 35.5. The van der Waals surface area contributed by atoms with E-state index < -0.39 is 12.0 Å². The van der Waals surface area contributed by atoms with Gasteiger partial charge in [-0.25, -0.2) is 0 Å². The fourth-order valence-electron chi connectivity index (χ4n) is 2.33. The summed E-state index contributed by atoms with van der Waals surface area (Å²) >= 11 is 6.09. The van der Waals surface area contributed by atoms with E-state index in [1.54, 1.807) is 6.07 Å². The van der Waals surface area contributed by atoms with Crippen LogP contribution >= 0.6 is 11.6 Å². The van der Waals surface area contributed by atoms with E-state index in [1.165, 1.54) is 0 Å². The van der Waals surface area contributed by atoms with Crippen LogP contribution in [0.25, 0.3) is 0 Å². The number of carboxylic acid groups (broad SMARTS) is 1. The summed E-state index contributed by atoms with van der Waals surface area (Å²) in [5.41, 5.74) is 0.914. The molecule has 102 valence electrons. The molecule has 1 aromatic rings. The van der Waals surface area contributed by atoms with Crippen LogP contribution < -0.4 is 15.3 Å². The number of rotatable bonds is 4. The molecule has 1 aliphatic rings. The number of aliphatic carboxylic acids is 1. The molecule has 1 amide bonds. The van der Waals surface area contributed by atoms with E-state index in [9.17, 15) is 14.7 Å². The zero-order chi connectivity index (χ0) is 13.8. The molecule has 0 radical (unpaired) electrons. The van der Waals surface area contributed by atoms with Crippen LogP contribution in [0.2, 0.25) is 5.02 Å². The summed E-state index contributed by atoms with van der Waals surface area (Å²) in [7, 11) is 0. The average molecular weight is 283 g/mol.